The first-order valence-corrected chi connectivity index (χ1v) is 18.9. The van der Waals surface area contributed by atoms with Gasteiger partial charge in [-0.3, -0.25) is 0 Å². The van der Waals surface area contributed by atoms with Crippen molar-refractivity contribution in [3.05, 3.63) is 235 Å². The Labute approximate surface area is 320 Å². The second kappa shape index (κ2) is 12.5. The van der Waals surface area contributed by atoms with E-state index in [1.165, 1.54) is 49.9 Å². The molecule has 2 nitrogen and oxygen atoms in total. The van der Waals surface area contributed by atoms with Crippen LogP contribution >= 0.6 is 0 Å². The number of nitrogens with zero attached hydrogens (tertiary/aromatic N) is 1. The lowest BCUT2D eigenvalue weighted by Gasteiger charge is -2.35. The summed E-state index contributed by atoms with van der Waals surface area (Å²) < 4.78 is 6.64. The van der Waals surface area contributed by atoms with E-state index in [0.29, 0.717) is 0 Å². The molecule has 0 saturated heterocycles. The zero-order chi connectivity index (χ0) is 36.3. The third-order valence-corrected chi connectivity index (χ3v) is 11.5. The Kier molecular flexibility index (Phi) is 7.11. The van der Waals surface area contributed by atoms with Crippen LogP contribution in [0.2, 0.25) is 0 Å². The summed E-state index contributed by atoms with van der Waals surface area (Å²) in [6, 6.07) is 77.0. The van der Waals surface area contributed by atoms with Gasteiger partial charge in [-0.25, -0.2) is 0 Å². The van der Waals surface area contributed by atoms with Gasteiger partial charge in [0.25, 0.3) is 0 Å². The summed E-state index contributed by atoms with van der Waals surface area (Å²) in [5, 5.41) is 4.60. The lowest BCUT2D eigenvalue weighted by molar-refractivity contribution is 0.669. The second-order valence-corrected chi connectivity index (χ2v) is 14.4. The molecule has 0 saturated carbocycles. The molecule has 1 aromatic heterocycles. The van der Waals surface area contributed by atoms with Gasteiger partial charge in [0.05, 0.1) is 11.1 Å². The average molecular weight is 702 g/mol. The topological polar surface area (TPSA) is 16.4 Å². The van der Waals surface area contributed by atoms with Crippen LogP contribution in [0.1, 0.15) is 22.3 Å². The zero-order valence-electron chi connectivity index (χ0n) is 30.1. The van der Waals surface area contributed by atoms with Crippen molar-refractivity contribution in [1.29, 1.82) is 0 Å². The summed E-state index contributed by atoms with van der Waals surface area (Å²) in [6.45, 7) is 0. The van der Waals surface area contributed by atoms with Gasteiger partial charge in [-0.1, -0.05) is 176 Å². The summed E-state index contributed by atoms with van der Waals surface area (Å²) in [5.74, 6) is 0. The van der Waals surface area contributed by atoms with Gasteiger partial charge in [0, 0.05) is 33.6 Å². The number of anilines is 3. The van der Waals surface area contributed by atoms with E-state index in [4.69, 9.17) is 4.42 Å². The van der Waals surface area contributed by atoms with Crippen molar-refractivity contribution in [2.24, 2.45) is 0 Å². The van der Waals surface area contributed by atoms with E-state index >= 15 is 0 Å². The highest BCUT2D eigenvalue weighted by Gasteiger charge is 2.46. The zero-order valence-corrected chi connectivity index (χ0v) is 30.1. The van der Waals surface area contributed by atoms with Crippen molar-refractivity contribution in [2.45, 2.75) is 5.41 Å². The van der Waals surface area contributed by atoms with Crippen LogP contribution in [0.4, 0.5) is 17.1 Å². The lowest BCUT2D eigenvalue weighted by Crippen LogP contribution is -2.28. The van der Waals surface area contributed by atoms with Gasteiger partial charge in [0.2, 0.25) is 0 Å². The third kappa shape index (κ3) is 4.75. The van der Waals surface area contributed by atoms with Gasteiger partial charge in [-0.2, -0.15) is 0 Å². The fourth-order valence-corrected chi connectivity index (χ4v) is 9.19. The fourth-order valence-electron chi connectivity index (χ4n) is 9.19. The number of hydrogen-bond acceptors (Lipinski definition) is 2. The molecule has 0 spiro atoms. The van der Waals surface area contributed by atoms with Crippen LogP contribution in [0.15, 0.2) is 217 Å². The van der Waals surface area contributed by atoms with Gasteiger partial charge >= 0.3 is 0 Å². The van der Waals surface area contributed by atoms with Crippen molar-refractivity contribution < 1.29 is 4.42 Å². The predicted molar refractivity (Wildman–Crippen MR) is 229 cm³/mol. The maximum absolute atomic E-state index is 6.64. The molecular weight excluding hydrogens is 667 g/mol. The summed E-state index contributed by atoms with van der Waals surface area (Å²) in [6.07, 6.45) is 0. The summed E-state index contributed by atoms with van der Waals surface area (Å²) in [4.78, 5) is 2.42. The van der Waals surface area contributed by atoms with E-state index in [1.807, 2.05) is 6.07 Å². The standard InChI is InChI=1S/C53H35NO/c1-4-16-36(17-5-1)37-28-30-40(31-29-37)54(49-35-51-52(45-24-11-10-23-44(45)49)46-25-13-15-27-50(46)55-51)41-32-33-43-42-22-12-14-26-47(42)53(48(43)34-41,38-18-6-2-7-19-38)39-20-8-3-9-21-39/h1-35H. The van der Waals surface area contributed by atoms with E-state index in [-0.39, 0.29) is 0 Å². The van der Waals surface area contributed by atoms with E-state index in [0.717, 1.165) is 44.4 Å². The maximum atomic E-state index is 6.64. The molecule has 0 atom stereocenters. The van der Waals surface area contributed by atoms with Crippen LogP contribution in [0.5, 0.6) is 0 Å². The molecule has 0 radical (unpaired) electrons. The van der Waals surface area contributed by atoms with Gasteiger partial charge in [0.1, 0.15) is 11.2 Å². The normalized spacial score (nSPS) is 12.9. The van der Waals surface area contributed by atoms with Crippen LogP contribution in [-0.4, -0.2) is 0 Å². The average Bonchev–Trinajstić information content (AvgIpc) is 3.79. The molecule has 1 heterocycles. The third-order valence-electron chi connectivity index (χ3n) is 11.5. The summed E-state index contributed by atoms with van der Waals surface area (Å²) in [7, 11) is 0. The molecule has 1 aliphatic carbocycles. The Morgan fingerprint density at radius 3 is 1.64 bits per heavy atom. The molecule has 10 aromatic rings. The second-order valence-electron chi connectivity index (χ2n) is 14.4. The van der Waals surface area contributed by atoms with E-state index < -0.39 is 5.41 Å². The number of furan rings is 1. The van der Waals surface area contributed by atoms with Crippen molar-refractivity contribution in [3.8, 4) is 22.3 Å². The largest absolute Gasteiger partial charge is 0.456 e. The van der Waals surface area contributed by atoms with Crippen LogP contribution in [-0.2, 0) is 5.41 Å². The molecule has 0 aliphatic heterocycles. The minimum Gasteiger partial charge on any atom is -0.456 e. The molecule has 11 rings (SSSR count). The molecule has 0 amide bonds. The molecule has 9 aromatic carbocycles. The minimum absolute atomic E-state index is 0.516. The summed E-state index contributed by atoms with van der Waals surface area (Å²) in [5.41, 5.74) is 14.4. The minimum atomic E-state index is -0.516. The number of hydrogen-bond donors (Lipinski definition) is 0. The molecule has 0 fully saturated rings. The number of para-hydroxylation sites is 1. The first-order valence-electron chi connectivity index (χ1n) is 18.9. The van der Waals surface area contributed by atoms with Gasteiger partial charge < -0.3 is 9.32 Å². The Balaban J connectivity index is 1.21. The van der Waals surface area contributed by atoms with E-state index in [1.54, 1.807) is 0 Å². The number of benzene rings is 9. The van der Waals surface area contributed by atoms with Crippen molar-refractivity contribution >= 4 is 49.8 Å². The highest BCUT2D eigenvalue weighted by molar-refractivity contribution is 6.22. The molecular formula is C53H35NO. The Morgan fingerprint density at radius 1 is 0.364 bits per heavy atom. The molecule has 258 valence electrons. The molecule has 0 bridgehead atoms. The Hall–Kier alpha value is -7.16. The van der Waals surface area contributed by atoms with Crippen molar-refractivity contribution in [3.63, 3.8) is 0 Å². The first kappa shape index (κ1) is 31.4. The fraction of sp³-hybridized carbons (Fsp3) is 0.0189. The van der Waals surface area contributed by atoms with Crippen LogP contribution in [0, 0.1) is 0 Å². The molecule has 2 heteroatoms. The Morgan fingerprint density at radius 2 is 0.909 bits per heavy atom. The van der Waals surface area contributed by atoms with Crippen LogP contribution in [0.3, 0.4) is 0 Å². The first-order chi connectivity index (χ1) is 27.3. The molecule has 0 unspecified atom stereocenters. The SMILES string of the molecule is c1ccc(-c2ccc(N(c3ccc4c(c3)C(c3ccccc3)(c3ccccc3)c3ccccc3-4)c3cc4oc5ccccc5c4c4ccccc34)cc2)cc1. The molecule has 55 heavy (non-hydrogen) atoms. The van der Waals surface area contributed by atoms with Gasteiger partial charge in [-0.05, 0) is 80.2 Å². The van der Waals surface area contributed by atoms with Gasteiger partial charge in [0.15, 0.2) is 0 Å². The number of rotatable bonds is 6. The van der Waals surface area contributed by atoms with E-state index in [9.17, 15) is 0 Å². The molecule has 0 N–H and O–H groups in total. The predicted octanol–water partition coefficient (Wildman–Crippen LogP) is 14.2. The highest BCUT2D eigenvalue weighted by atomic mass is 16.3. The van der Waals surface area contributed by atoms with Crippen LogP contribution < -0.4 is 4.90 Å². The highest BCUT2D eigenvalue weighted by Crippen LogP contribution is 2.57. The van der Waals surface area contributed by atoms with Crippen molar-refractivity contribution in [2.75, 3.05) is 4.90 Å². The monoisotopic (exact) mass is 701 g/mol. The van der Waals surface area contributed by atoms with Crippen molar-refractivity contribution in [1.82, 2.24) is 0 Å². The smallest absolute Gasteiger partial charge is 0.138 e. The molecule has 1 aliphatic rings. The Bertz CT molecular complexity index is 2980. The maximum Gasteiger partial charge on any atom is 0.138 e. The number of fused-ring (bicyclic) bond motifs is 8. The summed E-state index contributed by atoms with van der Waals surface area (Å²) >= 11 is 0. The van der Waals surface area contributed by atoms with Gasteiger partial charge in [-0.15, -0.1) is 0 Å². The van der Waals surface area contributed by atoms with E-state index in [2.05, 4.69) is 211 Å². The lowest BCUT2D eigenvalue weighted by atomic mass is 9.67. The quantitative estimate of drug-likeness (QED) is 0.172. The van der Waals surface area contributed by atoms with Crippen LogP contribution in [0.25, 0.3) is 55.0 Å².